The molecule has 0 radical (unpaired) electrons. The van der Waals surface area contributed by atoms with Crippen LogP contribution >= 0.6 is 0 Å². The summed E-state index contributed by atoms with van der Waals surface area (Å²) in [6, 6.07) is 19.0. The van der Waals surface area contributed by atoms with E-state index in [0.29, 0.717) is 19.7 Å². The van der Waals surface area contributed by atoms with E-state index >= 15 is 0 Å². The third-order valence-electron chi connectivity index (χ3n) is 4.09. The van der Waals surface area contributed by atoms with Gasteiger partial charge in [-0.15, -0.1) is 0 Å². The third-order valence-corrected chi connectivity index (χ3v) is 4.09. The summed E-state index contributed by atoms with van der Waals surface area (Å²) >= 11 is 0. The maximum atomic E-state index is 12.9. The zero-order valence-corrected chi connectivity index (χ0v) is 15.6. The molecule has 27 heavy (non-hydrogen) atoms. The molecule has 2 amide bonds. The first kappa shape index (κ1) is 18.6. The van der Waals surface area contributed by atoms with Gasteiger partial charge < -0.3 is 19.4 Å². The lowest BCUT2D eigenvalue weighted by Gasteiger charge is -2.22. The van der Waals surface area contributed by atoms with Crippen molar-refractivity contribution in [3.8, 4) is 5.75 Å². The zero-order valence-electron chi connectivity index (χ0n) is 15.6. The molecule has 0 aliphatic heterocycles. The van der Waals surface area contributed by atoms with Gasteiger partial charge in [0, 0.05) is 12.2 Å². The summed E-state index contributed by atoms with van der Waals surface area (Å²) in [5.74, 6) is 1.56. The fourth-order valence-corrected chi connectivity index (χ4v) is 2.79. The number of anilines is 1. The SMILES string of the molecule is CCOc1ccc(CN(Cc2ccco2)C(=O)Nc2cccc(C)c2)cc1. The van der Waals surface area contributed by atoms with Gasteiger partial charge in [-0.05, 0) is 61.4 Å². The minimum atomic E-state index is -0.175. The molecule has 3 rings (SSSR count). The molecule has 0 aliphatic rings. The van der Waals surface area contributed by atoms with E-state index in [1.54, 1.807) is 11.2 Å². The van der Waals surface area contributed by atoms with Crippen molar-refractivity contribution in [2.45, 2.75) is 26.9 Å². The number of carbonyl (C=O) groups is 1. The van der Waals surface area contributed by atoms with Crippen LogP contribution in [-0.2, 0) is 13.1 Å². The number of urea groups is 1. The predicted octanol–water partition coefficient (Wildman–Crippen LogP) is 5.22. The first-order valence-electron chi connectivity index (χ1n) is 9.01. The van der Waals surface area contributed by atoms with E-state index in [4.69, 9.17) is 9.15 Å². The molecule has 0 unspecified atom stereocenters. The van der Waals surface area contributed by atoms with Gasteiger partial charge in [0.15, 0.2) is 0 Å². The Morgan fingerprint density at radius 3 is 2.56 bits per heavy atom. The van der Waals surface area contributed by atoms with Crippen LogP contribution in [0.1, 0.15) is 23.8 Å². The maximum absolute atomic E-state index is 12.9. The molecule has 1 heterocycles. The minimum Gasteiger partial charge on any atom is -0.494 e. The van der Waals surface area contributed by atoms with Crippen LogP contribution in [0.4, 0.5) is 10.5 Å². The standard InChI is InChI=1S/C22H24N2O3/c1-3-26-20-11-9-18(10-12-20)15-24(16-21-8-5-13-27-21)22(25)23-19-7-4-6-17(2)14-19/h4-14H,3,15-16H2,1-2H3,(H,23,25). The molecule has 140 valence electrons. The number of nitrogens with one attached hydrogen (secondary N) is 1. The molecule has 0 saturated carbocycles. The van der Waals surface area contributed by atoms with Crippen LogP contribution in [0, 0.1) is 6.92 Å². The van der Waals surface area contributed by atoms with Gasteiger partial charge >= 0.3 is 6.03 Å². The molecule has 0 atom stereocenters. The van der Waals surface area contributed by atoms with Crippen LogP contribution in [0.3, 0.4) is 0 Å². The normalized spacial score (nSPS) is 10.4. The molecule has 0 spiro atoms. The maximum Gasteiger partial charge on any atom is 0.322 e. The quantitative estimate of drug-likeness (QED) is 0.625. The van der Waals surface area contributed by atoms with Crippen molar-refractivity contribution >= 4 is 11.7 Å². The van der Waals surface area contributed by atoms with Gasteiger partial charge in [0.1, 0.15) is 11.5 Å². The molecule has 0 fully saturated rings. The summed E-state index contributed by atoms with van der Waals surface area (Å²) in [7, 11) is 0. The first-order valence-corrected chi connectivity index (χ1v) is 9.01. The average Bonchev–Trinajstić information content (AvgIpc) is 3.16. The van der Waals surface area contributed by atoms with Crippen molar-refractivity contribution in [3.05, 3.63) is 83.8 Å². The first-order chi connectivity index (χ1) is 13.1. The van der Waals surface area contributed by atoms with Gasteiger partial charge in [0.2, 0.25) is 0 Å². The Kier molecular flexibility index (Phi) is 6.15. The van der Waals surface area contributed by atoms with Gasteiger partial charge in [-0.1, -0.05) is 24.3 Å². The van der Waals surface area contributed by atoms with E-state index in [9.17, 15) is 4.79 Å². The van der Waals surface area contributed by atoms with E-state index in [1.807, 2.05) is 74.5 Å². The van der Waals surface area contributed by atoms with Gasteiger partial charge in [0.05, 0.1) is 19.4 Å². The highest BCUT2D eigenvalue weighted by atomic mass is 16.5. The molecule has 0 saturated heterocycles. The molecular weight excluding hydrogens is 340 g/mol. The summed E-state index contributed by atoms with van der Waals surface area (Å²) < 4.78 is 10.9. The molecule has 3 aromatic rings. The number of amides is 2. The topological polar surface area (TPSA) is 54.7 Å². The number of furan rings is 1. The Morgan fingerprint density at radius 1 is 1.07 bits per heavy atom. The predicted molar refractivity (Wildman–Crippen MR) is 106 cm³/mol. The second-order valence-corrected chi connectivity index (χ2v) is 6.31. The fourth-order valence-electron chi connectivity index (χ4n) is 2.79. The fraction of sp³-hybridized carbons (Fsp3) is 0.227. The lowest BCUT2D eigenvalue weighted by atomic mass is 10.2. The highest BCUT2D eigenvalue weighted by Crippen LogP contribution is 2.17. The number of ether oxygens (including phenoxy) is 1. The smallest absolute Gasteiger partial charge is 0.322 e. The van der Waals surface area contributed by atoms with Crippen LogP contribution in [0.2, 0.25) is 0 Å². The molecule has 5 nitrogen and oxygen atoms in total. The number of nitrogens with zero attached hydrogens (tertiary/aromatic N) is 1. The number of aryl methyl sites for hydroxylation is 1. The molecule has 1 N–H and O–H groups in total. The number of carbonyl (C=O) groups excluding carboxylic acids is 1. The van der Waals surface area contributed by atoms with Crippen LogP contribution < -0.4 is 10.1 Å². The number of benzene rings is 2. The van der Waals surface area contributed by atoms with Crippen molar-refractivity contribution in [2.24, 2.45) is 0 Å². The molecule has 1 aromatic heterocycles. The Balaban J connectivity index is 1.74. The zero-order chi connectivity index (χ0) is 19.1. The van der Waals surface area contributed by atoms with Gasteiger partial charge in [-0.25, -0.2) is 4.79 Å². The van der Waals surface area contributed by atoms with E-state index in [1.165, 1.54) is 0 Å². The van der Waals surface area contributed by atoms with Crippen LogP contribution in [0.25, 0.3) is 0 Å². The highest BCUT2D eigenvalue weighted by molar-refractivity contribution is 5.89. The Labute approximate surface area is 159 Å². The van der Waals surface area contributed by atoms with Gasteiger partial charge in [0.25, 0.3) is 0 Å². The average molecular weight is 364 g/mol. The number of rotatable bonds is 7. The third kappa shape index (κ3) is 5.38. The Bertz CT molecular complexity index is 858. The van der Waals surface area contributed by atoms with Crippen LogP contribution in [0.15, 0.2) is 71.3 Å². The lowest BCUT2D eigenvalue weighted by molar-refractivity contribution is 0.201. The highest BCUT2D eigenvalue weighted by Gasteiger charge is 2.16. The second kappa shape index (κ2) is 8.94. The molecular formula is C22H24N2O3. The van der Waals surface area contributed by atoms with Crippen molar-refractivity contribution in [1.82, 2.24) is 4.90 Å². The van der Waals surface area contributed by atoms with E-state index in [2.05, 4.69) is 5.32 Å². The van der Waals surface area contributed by atoms with Gasteiger partial charge in [-0.3, -0.25) is 0 Å². The van der Waals surface area contributed by atoms with E-state index in [0.717, 1.165) is 28.3 Å². The van der Waals surface area contributed by atoms with Gasteiger partial charge in [-0.2, -0.15) is 0 Å². The Hall–Kier alpha value is -3.21. The largest absolute Gasteiger partial charge is 0.494 e. The molecule has 5 heteroatoms. The Morgan fingerprint density at radius 2 is 1.89 bits per heavy atom. The molecule has 0 bridgehead atoms. The van der Waals surface area contributed by atoms with Crippen LogP contribution in [-0.4, -0.2) is 17.5 Å². The number of hydrogen-bond acceptors (Lipinski definition) is 3. The minimum absolute atomic E-state index is 0.175. The summed E-state index contributed by atoms with van der Waals surface area (Å²) in [4.78, 5) is 14.6. The van der Waals surface area contributed by atoms with Crippen molar-refractivity contribution in [1.29, 1.82) is 0 Å². The number of hydrogen-bond donors (Lipinski definition) is 1. The van der Waals surface area contributed by atoms with Crippen molar-refractivity contribution in [3.63, 3.8) is 0 Å². The van der Waals surface area contributed by atoms with Crippen molar-refractivity contribution < 1.29 is 13.9 Å². The monoisotopic (exact) mass is 364 g/mol. The van der Waals surface area contributed by atoms with E-state index in [-0.39, 0.29) is 6.03 Å². The molecule has 2 aromatic carbocycles. The molecule has 0 aliphatic carbocycles. The summed E-state index contributed by atoms with van der Waals surface area (Å²) in [5.41, 5.74) is 2.89. The second-order valence-electron chi connectivity index (χ2n) is 6.31. The van der Waals surface area contributed by atoms with E-state index < -0.39 is 0 Å². The van der Waals surface area contributed by atoms with Crippen LogP contribution in [0.5, 0.6) is 5.75 Å². The summed E-state index contributed by atoms with van der Waals surface area (Å²) in [6.07, 6.45) is 1.61. The summed E-state index contributed by atoms with van der Waals surface area (Å²) in [6.45, 7) is 5.43. The summed E-state index contributed by atoms with van der Waals surface area (Å²) in [5, 5.41) is 2.97. The van der Waals surface area contributed by atoms with Crippen molar-refractivity contribution in [2.75, 3.05) is 11.9 Å². The lowest BCUT2D eigenvalue weighted by Crippen LogP contribution is -2.34.